The van der Waals surface area contributed by atoms with Gasteiger partial charge in [-0.05, 0) is 73.7 Å². The van der Waals surface area contributed by atoms with Crippen molar-refractivity contribution in [2.24, 2.45) is 11.1 Å². The molecule has 2 N–H and O–H groups in total. The molecular weight excluding hydrogens is 547 g/mol. The van der Waals surface area contributed by atoms with Crippen LogP contribution in [0, 0.1) is 22.6 Å². The molecule has 1 saturated heterocycles. The van der Waals surface area contributed by atoms with Gasteiger partial charge in [0, 0.05) is 34.3 Å². The summed E-state index contributed by atoms with van der Waals surface area (Å²) in [5, 5.41) is 10.4. The number of Topliss-reactive ketones (excluding diaryl/α,β-unsaturated/α-hetero) is 1. The van der Waals surface area contributed by atoms with E-state index in [1.54, 1.807) is 24.1 Å². The van der Waals surface area contributed by atoms with Gasteiger partial charge in [-0.1, -0.05) is 35.8 Å². The Balaban J connectivity index is 1.70. The van der Waals surface area contributed by atoms with Gasteiger partial charge in [-0.25, -0.2) is 4.39 Å². The Bertz CT molecular complexity index is 1400. The maximum Gasteiger partial charge on any atom is 0.162 e. The number of nitrogens with two attached hydrogens (primary N) is 1. The summed E-state index contributed by atoms with van der Waals surface area (Å²) in [6, 6.07) is 12.9. The molecule has 6 nitrogen and oxygen atoms in total. The van der Waals surface area contributed by atoms with Crippen molar-refractivity contribution >= 4 is 27.4 Å². The van der Waals surface area contributed by atoms with Gasteiger partial charge < -0.3 is 10.5 Å². The normalized spacial score (nSPS) is 21.5. The van der Waals surface area contributed by atoms with Crippen LogP contribution in [-0.4, -0.2) is 30.9 Å². The number of ether oxygens (including phenoxy) is 1. The Morgan fingerprint density at radius 1 is 1.18 bits per heavy atom. The topological polar surface area (TPSA) is 82.6 Å². The minimum atomic E-state index is -0.628. The lowest BCUT2D eigenvalue weighted by Crippen LogP contribution is -2.42. The average Bonchev–Trinajstić information content (AvgIpc) is 3.36. The van der Waals surface area contributed by atoms with Crippen LogP contribution < -0.4 is 15.4 Å². The number of benzene rings is 2. The molecule has 5 rings (SSSR count). The minimum absolute atomic E-state index is 0.0408. The highest BCUT2D eigenvalue weighted by Gasteiger charge is 2.45. The summed E-state index contributed by atoms with van der Waals surface area (Å²) in [5.74, 6) is -0.230. The number of carbonyl (C=O) groups excluding carboxylic acids is 1. The second-order valence-corrected chi connectivity index (χ2v) is 12.0. The van der Waals surface area contributed by atoms with Gasteiger partial charge in [0.1, 0.15) is 17.4 Å². The van der Waals surface area contributed by atoms with Gasteiger partial charge in [0.15, 0.2) is 5.78 Å². The van der Waals surface area contributed by atoms with Crippen molar-refractivity contribution < 1.29 is 13.9 Å². The molecule has 38 heavy (non-hydrogen) atoms. The van der Waals surface area contributed by atoms with Crippen molar-refractivity contribution in [3.63, 3.8) is 0 Å². The van der Waals surface area contributed by atoms with Gasteiger partial charge in [0.25, 0.3) is 0 Å². The lowest BCUT2D eigenvalue weighted by Gasteiger charge is -2.44. The fraction of sp³-hybridized carbons (Fsp3) is 0.400. The van der Waals surface area contributed by atoms with Crippen LogP contribution in [0.4, 0.5) is 10.1 Å². The van der Waals surface area contributed by atoms with E-state index in [9.17, 15) is 10.1 Å². The molecule has 0 saturated carbocycles. The molecule has 1 unspecified atom stereocenters. The van der Waals surface area contributed by atoms with Crippen LogP contribution in [0.15, 0.2) is 63.5 Å². The fourth-order valence-electron chi connectivity index (χ4n) is 6.06. The summed E-state index contributed by atoms with van der Waals surface area (Å²) in [4.78, 5) is 17.8. The first kappa shape index (κ1) is 26.5. The van der Waals surface area contributed by atoms with E-state index < -0.39 is 11.7 Å². The number of anilines is 1. The predicted octanol–water partition coefficient (Wildman–Crippen LogP) is 6.13. The predicted molar refractivity (Wildman–Crippen MR) is 149 cm³/mol. The van der Waals surface area contributed by atoms with E-state index in [1.807, 2.05) is 32.0 Å². The smallest absolute Gasteiger partial charge is 0.162 e. The zero-order chi connectivity index (χ0) is 27.2. The lowest BCUT2D eigenvalue weighted by molar-refractivity contribution is -0.118. The number of halogens is 2. The third-order valence-electron chi connectivity index (χ3n) is 7.76. The number of ketones is 1. The number of nitriles is 1. The first-order valence-electron chi connectivity index (χ1n) is 12.9. The molecule has 0 aromatic heterocycles. The molecule has 2 heterocycles. The van der Waals surface area contributed by atoms with Crippen LogP contribution >= 0.6 is 15.9 Å². The van der Waals surface area contributed by atoms with Gasteiger partial charge in [0.05, 0.1) is 30.4 Å². The SMILES string of the molecule is COc1ccc(C2C(C#N)=C(N)N(c3ccc(Br)cc3F)C3=C2C(=O)CC(C)(C)C3)cc1CN1CCCC1. The van der Waals surface area contributed by atoms with E-state index in [4.69, 9.17) is 10.5 Å². The highest BCUT2D eigenvalue weighted by atomic mass is 79.9. The Labute approximate surface area is 231 Å². The third-order valence-corrected chi connectivity index (χ3v) is 8.26. The van der Waals surface area contributed by atoms with Crippen molar-refractivity contribution in [3.05, 3.63) is 80.5 Å². The summed E-state index contributed by atoms with van der Waals surface area (Å²) in [6.45, 7) is 6.85. The van der Waals surface area contributed by atoms with Crippen LogP contribution in [0.1, 0.15) is 56.6 Å². The summed E-state index contributed by atoms with van der Waals surface area (Å²) in [6.07, 6.45) is 3.21. The van der Waals surface area contributed by atoms with Crippen LogP contribution in [0.25, 0.3) is 0 Å². The maximum atomic E-state index is 15.3. The number of hydrogen-bond donors (Lipinski definition) is 1. The van der Waals surface area contributed by atoms with Gasteiger partial charge in [-0.2, -0.15) is 5.26 Å². The number of hydrogen-bond acceptors (Lipinski definition) is 6. The van der Waals surface area contributed by atoms with E-state index in [-0.39, 0.29) is 28.3 Å². The second-order valence-electron chi connectivity index (χ2n) is 11.1. The molecule has 2 aromatic carbocycles. The minimum Gasteiger partial charge on any atom is -0.496 e. The molecule has 8 heteroatoms. The average molecular weight is 580 g/mol. The van der Waals surface area contributed by atoms with Crippen molar-refractivity contribution in [1.29, 1.82) is 5.26 Å². The summed E-state index contributed by atoms with van der Waals surface area (Å²) >= 11 is 3.31. The Morgan fingerprint density at radius 3 is 2.58 bits per heavy atom. The number of methoxy groups -OCH3 is 1. The van der Waals surface area contributed by atoms with Gasteiger partial charge in [-0.3, -0.25) is 14.6 Å². The summed E-state index contributed by atoms with van der Waals surface area (Å²) < 4.78 is 21.5. The second kappa shape index (κ2) is 10.2. The molecule has 1 aliphatic carbocycles. The van der Waals surface area contributed by atoms with Crippen LogP contribution in [0.3, 0.4) is 0 Å². The zero-order valence-corrected chi connectivity index (χ0v) is 23.6. The van der Waals surface area contributed by atoms with Crippen LogP contribution in [-0.2, 0) is 11.3 Å². The lowest BCUT2D eigenvalue weighted by atomic mass is 9.68. The van der Waals surface area contributed by atoms with Crippen molar-refractivity contribution in [3.8, 4) is 11.8 Å². The van der Waals surface area contributed by atoms with Gasteiger partial charge >= 0.3 is 0 Å². The maximum absolute atomic E-state index is 15.3. The number of allylic oxidation sites excluding steroid dienone is 3. The van der Waals surface area contributed by atoms with Crippen LogP contribution in [0.2, 0.25) is 0 Å². The third kappa shape index (κ3) is 4.74. The van der Waals surface area contributed by atoms with E-state index in [0.717, 1.165) is 36.5 Å². The number of rotatable bonds is 5. The van der Waals surface area contributed by atoms with E-state index in [0.29, 0.717) is 28.6 Å². The molecule has 198 valence electrons. The molecule has 3 aliphatic rings. The Morgan fingerprint density at radius 2 is 1.92 bits per heavy atom. The first-order valence-corrected chi connectivity index (χ1v) is 13.7. The monoisotopic (exact) mass is 578 g/mol. The van der Waals surface area contributed by atoms with Crippen molar-refractivity contribution in [1.82, 2.24) is 4.90 Å². The van der Waals surface area contributed by atoms with E-state index >= 15 is 4.39 Å². The van der Waals surface area contributed by atoms with Crippen molar-refractivity contribution in [2.75, 3.05) is 25.1 Å². The van der Waals surface area contributed by atoms with Crippen molar-refractivity contribution in [2.45, 2.75) is 52.0 Å². The summed E-state index contributed by atoms with van der Waals surface area (Å²) in [7, 11) is 1.65. The fourth-order valence-corrected chi connectivity index (χ4v) is 6.40. The highest BCUT2D eigenvalue weighted by Crippen LogP contribution is 2.51. The highest BCUT2D eigenvalue weighted by molar-refractivity contribution is 9.10. The molecule has 1 atom stereocenters. The molecule has 0 spiro atoms. The largest absolute Gasteiger partial charge is 0.496 e. The number of nitrogens with zero attached hydrogens (tertiary/aromatic N) is 3. The molecule has 1 fully saturated rings. The molecule has 0 bridgehead atoms. The van der Waals surface area contributed by atoms with Gasteiger partial charge in [0.2, 0.25) is 0 Å². The molecule has 2 aromatic rings. The summed E-state index contributed by atoms with van der Waals surface area (Å²) in [5.41, 5.74) is 9.83. The number of carbonyl (C=O) groups is 1. The standard InChI is InChI=1S/C30H32BrFN4O2/c1-30(2)14-24-28(25(37)15-30)27(18-6-9-26(38-3)19(12-18)17-35-10-4-5-11-35)21(16-33)29(34)36(24)23-8-7-20(31)13-22(23)32/h6-9,12-13,27H,4-5,10-11,14-15,17,34H2,1-3H3. The Kier molecular flexibility index (Phi) is 7.10. The van der Waals surface area contributed by atoms with Gasteiger partial charge in [-0.15, -0.1) is 0 Å². The van der Waals surface area contributed by atoms with E-state index in [2.05, 4.69) is 26.9 Å². The Hall–Kier alpha value is -3.15. The molecule has 0 radical (unpaired) electrons. The zero-order valence-electron chi connectivity index (χ0n) is 22.0. The quantitative estimate of drug-likeness (QED) is 0.459. The van der Waals surface area contributed by atoms with Crippen LogP contribution in [0.5, 0.6) is 5.75 Å². The first-order chi connectivity index (χ1) is 18.1. The molecule has 2 aliphatic heterocycles. The number of likely N-dealkylation sites (tertiary alicyclic amines) is 1. The van der Waals surface area contributed by atoms with E-state index in [1.165, 1.54) is 18.9 Å². The molecular formula is C30H32BrFN4O2. The molecule has 0 amide bonds.